The second kappa shape index (κ2) is 3.21. The van der Waals surface area contributed by atoms with Gasteiger partial charge in [0.2, 0.25) is 0 Å². The molecule has 2 heteroatoms. The molecule has 0 spiro atoms. The lowest BCUT2D eigenvalue weighted by Gasteiger charge is -2.16. The molecule has 0 fully saturated rings. The molecule has 0 aromatic heterocycles. The van der Waals surface area contributed by atoms with Gasteiger partial charge in [0.25, 0.3) is 0 Å². The SMILES string of the molecule is BBCCC(C)(C)C. The molecule has 0 aliphatic carbocycles. The third kappa shape index (κ3) is 6.13. The summed E-state index contributed by atoms with van der Waals surface area (Å²) in [7, 11) is 3.57. The van der Waals surface area contributed by atoms with E-state index in [1.54, 1.807) is 0 Å². The first-order chi connectivity index (χ1) is 3.56. The fraction of sp³-hybridized carbons (Fsp3) is 1.00. The lowest BCUT2D eigenvalue weighted by molar-refractivity contribution is 0.398. The number of hydrogen-bond acceptors (Lipinski definition) is 0. The zero-order valence-corrected chi connectivity index (χ0v) is 6.62. The van der Waals surface area contributed by atoms with Crippen molar-refractivity contribution in [2.45, 2.75) is 33.5 Å². The van der Waals surface area contributed by atoms with E-state index in [2.05, 4.69) is 28.5 Å². The van der Waals surface area contributed by atoms with Gasteiger partial charge in [-0.3, -0.25) is 0 Å². The van der Waals surface area contributed by atoms with Gasteiger partial charge in [-0.15, -0.1) is 0 Å². The minimum absolute atomic E-state index is 0.552. The highest BCUT2D eigenvalue weighted by Crippen LogP contribution is 2.19. The summed E-state index contributed by atoms with van der Waals surface area (Å²) in [6.45, 7) is 6.88. The first-order valence-corrected chi connectivity index (χ1v) is 3.56. The Bertz CT molecular complexity index is 54.0. The van der Waals surface area contributed by atoms with Crippen LogP contribution in [0, 0.1) is 5.41 Å². The molecule has 0 aliphatic heterocycles. The Morgan fingerprint density at radius 3 is 2.00 bits per heavy atom. The minimum atomic E-state index is 0.552. The van der Waals surface area contributed by atoms with Crippen LogP contribution in [0.3, 0.4) is 0 Å². The van der Waals surface area contributed by atoms with Gasteiger partial charge in [-0.25, -0.2) is 0 Å². The number of rotatable bonds is 2. The van der Waals surface area contributed by atoms with E-state index >= 15 is 0 Å². The van der Waals surface area contributed by atoms with Crippen LogP contribution in [0.1, 0.15) is 27.2 Å². The van der Waals surface area contributed by atoms with Crippen molar-refractivity contribution >= 4 is 14.9 Å². The molecule has 8 heavy (non-hydrogen) atoms. The van der Waals surface area contributed by atoms with Gasteiger partial charge >= 0.3 is 0 Å². The second-order valence-corrected chi connectivity index (χ2v) is 3.66. The van der Waals surface area contributed by atoms with Gasteiger partial charge in [-0.2, -0.15) is 0 Å². The molecule has 46 valence electrons. The molecular formula is C6H16B2. The van der Waals surface area contributed by atoms with Crippen molar-refractivity contribution in [3.8, 4) is 0 Å². The summed E-state index contributed by atoms with van der Waals surface area (Å²) in [5.74, 6) is 0. The van der Waals surface area contributed by atoms with Gasteiger partial charge in [0.15, 0.2) is 0 Å². The Kier molecular flexibility index (Phi) is 3.27. The van der Waals surface area contributed by atoms with E-state index in [4.69, 9.17) is 0 Å². The van der Waals surface area contributed by atoms with Gasteiger partial charge in [-0.1, -0.05) is 33.5 Å². The molecule has 0 atom stereocenters. The van der Waals surface area contributed by atoms with Crippen LogP contribution >= 0.6 is 0 Å². The third-order valence-electron chi connectivity index (χ3n) is 1.28. The van der Waals surface area contributed by atoms with E-state index in [0.717, 1.165) is 0 Å². The molecule has 0 rings (SSSR count). The summed E-state index contributed by atoms with van der Waals surface area (Å²) < 4.78 is 0. The molecule has 0 aliphatic rings. The smallest absolute Gasteiger partial charge is 0.0822 e. The summed E-state index contributed by atoms with van der Waals surface area (Å²) in [6, 6.07) is 0. The van der Waals surface area contributed by atoms with E-state index in [1.807, 2.05) is 0 Å². The van der Waals surface area contributed by atoms with Gasteiger partial charge in [0.05, 0.1) is 14.9 Å². The molecule has 0 radical (unpaired) electrons. The Balaban J connectivity index is 3.11. The molecule has 0 saturated carbocycles. The zero-order valence-electron chi connectivity index (χ0n) is 6.62. The van der Waals surface area contributed by atoms with E-state index in [1.165, 1.54) is 19.9 Å². The summed E-state index contributed by atoms with van der Waals surface area (Å²) in [6.07, 6.45) is 2.74. The predicted octanol–water partition coefficient (Wildman–Crippen LogP) is 0.825. The Hall–Kier alpha value is 0.130. The van der Waals surface area contributed by atoms with Crippen LogP contribution < -0.4 is 0 Å². The zero-order chi connectivity index (χ0) is 6.62. The van der Waals surface area contributed by atoms with Crippen molar-refractivity contribution in [1.29, 1.82) is 0 Å². The topological polar surface area (TPSA) is 0 Å². The Morgan fingerprint density at radius 2 is 1.88 bits per heavy atom. The third-order valence-corrected chi connectivity index (χ3v) is 1.28. The van der Waals surface area contributed by atoms with E-state index in [-0.39, 0.29) is 0 Å². The fourth-order valence-corrected chi connectivity index (χ4v) is 0.707. The molecule has 0 aromatic rings. The van der Waals surface area contributed by atoms with Crippen molar-refractivity contribution in [3.63, 3.8) is 0 Å². The number of hydrogen-bond donors (Lipinski definition) is 0. The highest BCUT2D eigenvalue weighted by atomic mass is 14.1. The van der Waals surface area contributed by atoms with Gasteiger partial charge < -0.3 is 0 Å². The first kappa shape index (κ1) is 8.13. The standard InChI is InChI=1S/C6H16B2/c1-6(2,3)4-5-8-7/h8H,4-5,7H2,1-3H3. The van der Waals surface area contributed by atoms with Crippen LogP contribution in [0.4, 0.5) is 0 Å². The van der Waals surface area contributed by atoms with Crippen LogP contribution in [0.5, 0.6) is 0 Å². The highest BCUT2D eigenvalue weighted by molar-refractivity contribution is 6.89. The van der Waals surface area contributed by atoms with Gasteiger partial charge in [0, 0.05) is 0 Å². The van der Waals surface area contributed by atoms with Crippen molar-refractivity contribution in [2.75, 3.05) is 0 Å². The Morgan fingerprint density at radius 1 is 1.38 bits per heavy atom. The lowest BCUT2D eigenvalue weighted by atomic mass is 9.52. The maximum absolute atomic E-state index is 2.29. The molecule has 0 aromatic carbocycles. The summed E-state index contributed by atoms with van der Waals surface area (Å²) in [4.78, 5) is 0. The largest absolute Gasteiger partial charge is 0.0845 e. The summed E-state index contributed by atoms with van der Waals surface area (Å²) >= 11 is 0. The quantitative estimate of drug-likeness (QED) is 0.461. The Labute approximate surface area is 54.7 Å². The molecule has 0 amide bonds. The molecule has 0 saturated heterocycles. The normalized spacial score (nSPS) is 11.4. The van der Waals surface area contributed by atoms with Crippen LogP contribution in [-0.4, -0.2) is 14.9 Å². The van der Waals surface area contributed by atoms with Crippen LogP contribution in [-0.2, 0) is 0 Å². The molecule has 0 unspecified atom stereocenters. The lowest BCUT2D eigenvalue weighted by Crippen LogP contribution is -2.05. The second-order valence-electron chi connectivity index (χ2n) is 3.66. The van der Waals surface area contributed by atoms with E-state index in [9.17, 15) is 0 Å². The average Bonchev–Trinajstić information content (AvgIpc) is 1.59. The van der Waals surface area contributed by atoms with Gasteiger partial charge in [-0.05, 0) is 5.41 Å². The average molecular weight is 110 g/mol. The van der Waals surface area contributed by atoms with E-state index < -0.39 is 0 Å². The maximum Gasteiger partial charge on any atom is 0.0822 e. The monoisotopic (exact) mass is 110 g/mol. The molecule has 0 heterocycles. The van der Waals surface area contributed by atoms with E-state index in [0.29, 0.717) is 5.41 Å². The fourth-order valence-electron chi connectivity index (χ4n) is 0.707. The van der Waals surface area contributed by atoms with Crippen LogP contribution in [0.15, 0.2) is 0 Å². The summed E-state index contributed by atoms with van der Waals surface area (Å²) in [5.41, 5.74) is 0.552. The molecule has 0 nitrogen and oxygen atoms in total. The minimum Gasteiger partial charge on any atom is -0.0845 e. The van der Waals surface area contributed by atoms with Crippen LogP contribution in [0.25, 0.3) is 0 Å². The molecule has 0 N–H and O–H groups in total. The van der Waals surface area contributed by atoms with Crippen molar-refractivity contribution < 1.29 is 0 Å². The summed E-state index contributed by atoms with van der Waals surface area (Å²) in [5, 5.41) is 0. The van der Waals surface area contributed by atoms with Crippen molar-refractivity contribution in [3.05, 3.63) is 0 Å². The first-order valence-electron chi connectivity index (χ1n) is 3.56. The van der Waals surface area contributed by atoms with Gasteiger partial charge in [0.1, 0.15) is 0 Å². The maximum atomic E-state index is 2.29. The molecule has 0 bridgehead atoms. The molecular weight excluding hydrogens is 93.7 g/mol. The van der Waals surface area contributed by atoms with Crippen LogP contribution in [0.2, 0.25) is 6.32 Å². The predicted molar refractivity (Wildman–Crippen MR) is 44.6 cm³/mol. The highest BCUT2D eigenvalue weighted by Gasteiger charge is 2.07. The van der Waals surface area contributed by atoms with Crippen molar-refractivity contribution in [2.24, 2.45) is 5.41 Å². The van der Waals surface area contributed by atoms with Crippen molar-refractivity contribution in [1.82, 2.24) is 0 Å².